The van der Waals surface area contributed by atoms with Crippen LogP contribution in [0.5, 0.6) is 0 Å². The number of hydrogen-bond acceptors (Lipinski definition) is 7. The fourth-order valence-electron chi connectivity index (χ4n) is 2.64. The van der Waals surface area contributed by atoms with Crippen LogP contribution in [0.1, 0.15) is 24.0 Å². The second kappa shape index (κ2) is 13.8. The van der Waals surface area contributed by atoms with Crippen molar-refractivity contribution in [3.8, 4) is 0 Å². The third-order valence-corrected chi connectivity index (χ3v) is 5.77. The van der Waals surface area contributed by atoms with Gasteiger partial charge in [0.15, 0.2) is 15.6 Å². The molecular weight excluding hydrogens is 428 g/mol. The molecule has 0 aromatic heterocycles. The normalized spacial score (nSPS) is 10.4. The third-order valence-electron chi connectivity index (χ3n) is 4.15. The number of benzene rings is 2. The van der Waals surface area contributed by atoms with Crippen molar-refractivity contribution < 1.29 is 18.3 Å². The van der Waals surface area contributed by atoms with E-state index in [1.165, 1.54) is 12.1 Å². The van der Waals surface area contributed by atoms with E-state index >= 15 is 0 Å². The number of hydrogen-bond donors (Lipinski definition) is 5. The van der Waals surface area contributed by atoms with E-state index < -0.39 is 21.6 Å². The highest BCUT2D eigenvalue weighted by atomic mass is 32.2. The van der Waals surface area contributed by atoms with Crippen molar-refractivity contribution in [1.29, 1.82) is 0 Å². The summed E-state index contributed by atoms with van der Waals surface area (Å²) in [5.41, 5.74) is 12.7. The maximum atomic E-state index is 11.7. The molecule has 2 aromatic rings. The molecule has 0 aliphatic rings. The summed E-state index contributed by atoms with van der Waals surface area (Å²) in [5, 5.41) is 14.5. The smallest absolute Gasteiger partial charge is 0.319 e. The molecule has 0 heterocycles. The monoisotopic (exact) mass is 460 g/mol. The van der Waals surface area contributed by atoms with Gasteiger partial charge in [-0.1, -0.05) is 55.6 Å². The van der Waals surface area contributed by atoms with Gasteiger partial charge < -0.3 is 27.2 Å². The minimum absolute atomic E-state index is 0.0386. The zero-order valence-electron chi connectivity index (χ0n) is 18.1. The van der Waals surface area contributed by atoms with E-state index in [2.05, 4.69) is 23.8 Å². The number of carboxylic acids is 1. The van der Waals surface area contributed by atoms with Crippen molar-refractivity contribution >= 4 is 15.8 Å². The van der Waals surface area contributed by atoms with E-state index in [0.717, 1.165) is 37.1 Å². The van der Waals surface area contributed by atoms with Crippen molar-refractivity contribution in [2.24, 2.45) is 11.5 Å². The van der Waals surface area contributed by atoms with E-state index in [9.17, 15) is 13.2 Å². The van der Waals surface area contributed by atoms with Crippen LogP contribution in [0, 0.1) is 0 Å². The number of aliphatic carboxylic acids is 1. The average Bonchev–Trinajstić information content (AvgIpc) is 2.71. The number of nitrogens with two attached hydrogens (primary N) is 2. The van der Waals surface area contributed by atoms with Crippen LogP contribution in [0.3, 0.4) is 0 Å². The first-order chi connectivity index (χ1) is 15.1. The predicted molar refractivity (Wildman–Crippen MR) is 127 cm³/mol. The van der Waals surface area contributed by atoms with Gasteiger partial charge in [-0.3, -0.25) is 4.79 Å². The lowest BCUT2D eigenvalue weighted by molar-refractivity contribution is -0.134. The first-order valence-corrected chi connectivity index (χ1v) is 11.7. The Morgan fingerprint density at radius 1 is 0.844 bits per heavy atom. The molecule has 0 saturated heterocycles. The molecule has 0 amide bonds. The molecule has 174 valence electrons. The molecule has 0 spiro atoms. The Morgan fingerprint density at radius 3 is 1.75 bits per heavy atom. The molecule has 0 unspecified atom stereocenters. The molecule has 0 fully saturated rings. The summed E-state index contributed by atoms with van der Waals surface area (Å²) in [5.74, 6) is -1.19. The van der Waals surface area contributed by atoms with Crippen LogP contribution >= 0.6 is 0 Å². The van der Waals surface area contributed by atoms with Crippen LogP contribution in [-0.2, 0) is 21.1 Å². The largest absolute Gasteiger partial charge is 0.480 e. The zero-order valence-corrected chi connectivity index (χ0v) is 18.9. The Hall–Kier alpha value is -3.46. The summed E-state index contributed by atoms with van der Waals surface area (Å²) in [6.07, 6.45) is 2.78. The number of unbranched alkanes of at least 4 members (excludes halogenated alkanes) is 1. The van der Waals surface area contributed by atoms with Gasteiger partial charge in [-0.05, 0) is 42.5 Å². The van der Waals surface area contributed by atoms with E-state index in [0.29, 0.717) is 18.1 Å². The molecule has 2 aromatic carbocycles. The zero-order chi connectivity index (χ0) is 24.0. The van der Waals surface area contributed by atoms with Crippen LogP contribution in [0.25, 0.3) is 0 Å². The lowest BCUT2D eigenvalue weighted by Crippen LogP contribution is -2.23. The van der Waals surface area contributed by atoms with Crippen molar-refractivity contribution in [1.82, 2.24) is 10.6 Å². The van der Waals surface area contributed by atoms with Gasteiger partial charge in [0.05, 0.1) is 16.5 Å². The fourth-order valence-corrected chi connectivity index (χ4v) is 3.68. The topological polar surface area (TPSA) is 148 Å². The molecule has 0 atom stereocenters. The lowest BCUT2D eigenvalue weighted by atomic mass is 10.1. The molecule has 0 saturated carbocycles. The summed E-state index contributed by atoms with van der Waals surface area (Å²) in [4.78, 5) is 10.6. The number of rotatable bonds is 12. The summed E-state index contributed by atoms with van der Waals surface area (Å²) >= 11 is 0. The van der Waals surface area contributed by atoms with Crippen LogP contribution in [-0.4, -0.2) is 38.3 Å². The van der Waals surface area contributed by atoms with Gasteiger partial charge in [-0.2, -0.15) is 0 Å². The molecule has 2 rings (SSSR count). The molecule has 7 N–H and O–H groups in total. The summed E-state index contributed by atoms with van der Waals surface area (Å²) in [7, 11) is -3.75. The number of carboxylic acid groups (broad SMARTS) is 1. The van der Waals surface area contributed by atoms with Crippen LogP contribution in [0.2, 0.25) is 0 Å². The second-order valence-corrected chi connectivity index (χ2v) is 9.06. The van der Waals surface area contributed by atoms with Gasteiger partial charge in [-0.15, -0.1) is 0 Å². The van der Waals surface area contributed by atoms with Crippen LogP contribution in [0.15, 0.2) is 84.3 Å². The van der Waals surface area contributed by atoms with Gasteiger partial charge in [0.1, 0.15) is 0 Å². The highest BCUT2D eigenvalue weighted by molar-refractivity contribution is 7.92. The highest BCUT2D eigenvalue weighted by Gasteiger charge is 2.18. The SMILES string of the molecule is C=C(N)NCCCCNC(=C)N.O=C(O)CS(=O)(=O)c1ccc(Cc2ccccc2)cc1. The molecule has 8 nitrogen and oxygen atoms in total. The van der Waals surface area contributed by atoms with Crippen LogP contribution < -0.4 is 22.1 Å². The predicted octanol–water partition coefficient (Wildman–Crippen LogP) is 1.94. The highest BCUT2D eigenvalue weighted by Crippen LogP contribution is 2.15. The molecular formula is C23H32N4O4S. The quantitative estimate of drug-likeness (QED) is 0.302. The van der Waals surface area contributed by atoms with Crippen molar-refractivity contribution in [3.63, 3.8) is 0 Å². The summed E-state index contributed by atoms with van der Waals surface area (Å²) in [6, 6.07) is 16.1. The fraction of sp³-hybridized carbons (Fsp3) is 0.261. The average molecular weight is 461 g/mol. The van der Waals surface area contributed by atoms with Crippen LogP contribution in [0.4, 0.5) is 0 Å². The minimum atomic E-state index is -3.75. The summed E-state index contributed by atoms with van der Waals surface area (Å²) < 4.78 is 23.5. The van der Waals surface area contributed by atoms with E-state index in [1.807, 2.05) is 30.3 Å². The number of sulfone groups is 1. The minimum Gasteiger partial charge on any atom is -0.480 e. The molecule has 9 heteroatoms. The maximum Gasteiger partial charge on any atom is 0.319 e. The van der Waals surface area contributed by atoms with Gasteiger partial charge in [-0.25, -0.2) is 8.42 Å². The standard InChI is InChI=1S/C15H14O4S.C8H18N4/c16-15(17)11-20(18,19)14-8-6-13(7-9-14)10-12-4-2-1-3-5-12;1-7(9)11-5-3-4-6-12-8(2)10/h1-9H,10-11H2,(H,16,17);11-12H,1-6,9-10H2. The Morgan fingerprint density at radius 2 is 1.31 bits per heavy atom. The Labute approximate surface area is 189 Å². The van der Waals surface area contributed by atoms with E-state index in [-0.39, 0.29) is 4.90 Å². The van der Waals surface area contributed by atoms with Gasteiger partial charge >= 0.3 is 5.97 Å². The van der Waals surface area contributed by atoms with Gasteiger partial charge in [0, 0.05) is 13.1 Å². The molecule has 0 bridgehead atoms. The number of nitrogens with one attached hydrogen (secondary N) is 2. The van der Waals surface area contributed by atoms with Gasteiger partial charge in [0.2, 0.25) is 0 Å². The summed E-state index contributed by atoms with van der Waals surface area (Å²) in [6.45, 7) is 8.75. The van der Waals surface area contributed by atoms with Crippen molar-refractivity contribution in [2.75, 3.05) is 18.8 Å². The van der Waals surface area contributed by atoms with Crippen molar-refractivity contribution in [3.05, 3.63) is 90.5 Å². The molecule has 0 aliphatic carbocycles. The lowest BCUT2D eigenvalue weighted by Gasteiger charge is -2.06. The Balaban J connectivity index is 0.000000368. The maximum absolute atomic E-state index is 11.7. The molecule has 0 radical (unpaired) electrons. The third kappa shape index (κ3) is 11.7. The molecule has 0 aliphatic heterocycles. The Kier molecular flexibility index (Phi) is 11.4. The number of carbonyl (C=O) groups is 1. The second-order valence-electron chi connectivity index (χ2n) is 7.07. The first-order valence-electron chi connectivity index (χ1n) is 10.0. The first kappa shape index (κ1) is 26.6. The van der Waals surface area contributed by atoms with Crippen molar-refractivity contribution in [2.45, 2.75) is 24.2 Å². The van der Waals surface area contributed by atoms with E-state index in [1.54, 1.807) is 12.1 Å². The molecule has 32 heavy (non-hydrogen) atoms. The van der Waals surface area contributed by atoms with E-state index in [4.69, 9.17) is 16.6 Å². The van der Waals surface area contributed by atoms with Gasteiger partial charge in [0.25, 0.3) is 0 Å². The Bertz CT molecular complexity index is 957.